The Hall–Kier alpha value is -3.42. The molecule has 2 amide bonds. The molecule has 33 heavy (non-hydrogen) atoms. The van der Waals surface area contributed by atoms with Crippen molar-refractivity contribution in [2.75, 3.05) is 11.9 Å². The second kappa shape index (κ2) is 10.9. The Bertz CT molecular complexity index is 987. The number of unbranched alkanes of at least 4 members (excludes halogenated alkanes) is 1. The number of benzene rings is 3. The summed E-state index contributed by atoms with van der Waals surface area (Å²) in [7, 11) is 0. The highest BCUT2D eigenvalue weighted by molar-refractivity contribution is 5.89. The predicted molar refractivity (Wildman–Crippen MR) is 117 cm³/mol. The molecule has 0 fully saturated rings. The topological polar surface area (TPSA) is 41.1 Å². The first-order chi connectivity index (χ1) is 15.7. The van der Waals surface area contributed by atoms with Crippen LogP contribution in [0.5, 0.6) is 0 Å². The molecule has 3 aromatic rings. The minimum atomic E-state index is -4.43. The summed E-state index contributed by atoms with van der Waals surface area (Å²) in [4.78, 5) is 12.0. The fraction of sp³-hybridized carbons (Fsp3) is 0.240. The molecule has 0 spiro atoms. The van der Waals surface area contributed by atoms with Gasteiger partial charge in [-0.25, -0.2) is 13.6 Å². The number of halogens is 5. The van der Waals surface area contributed by atoms with Crippen LogP contribution in [0.15, 0.2) is 72.8 Å². The third-order valence-electron chi connectivity index (χ3n) is 5.22. The number of hydrogen-bond acceptors (Lipinski definition) is 1. The van der Waals surface area contributed by atoms with Gasteiger partial charge in [0.2, 0.25) is 0 Å². The Morgan fingerprint density at radius 3 is 1.76 bits per heavy atom. The lowest BCUT2D eigenvalue weighted by molar-refractivity contribution is -0.137. The summed E-state index contributed by atoms with van der Waals surface area (Å²) in [6.45, 7) is 0.367. The molecule has 0 aromatic heterocycles. The van der Waals surface area contributed by atoms with E-state index in [0.29, 0.717) is 19.4 Å². The van der Waals surface area contributed by atoms with Crippen molar-refractivity contribution in [2.45, 2.75) is 31.4 Å². The number of urea groups is 1. The third-order valence-corrected chi connectivity index (χ3v) is 5.22. The van der Waals surface area contributed by atoms with E-state index in [9.17, 15) is 26.7 Å². The minimum absolute atomic E-state index is 0.0489. The van der Waals surface area contributed by atoms with Crippen LogP contribution in [0, 0.1) is 11.6 Å². The molecule has 0 bridgehead atoms. The van der Waals surface area contributed by atoms with Crippen LogP contribution in [0.4, 0.5) is 32.4 Å². The highest BCUT2D eigenvalue weighted by Gasteiger charge is 2.30. The lowest BCUT2D eigenvalue weighted by atomic mass is 9.87. The first kappa shape index (κ1) is 24.2. The standard InChI is InChI=1S/C25H23F5N2O/c26-20-10-4-17(5-11-20)23(18-6-12-21(27)13-7-18)3-1-2-16-31-24(33)32-22-14-8-19(9-15-22)25(28,29)30/h4-15,23H,1-3,16H2,(H2,31,32,33). The Kier molecular flexibility index (Phi) is 8.03. The largest absolute Gasteiger partial charge is 0.416 e. The van der Waals surface area contributed by atoms with Gasteiger partial charge in [-0.3, -0.25) is 0 Å². The molecule has 0 unspecified atom stereocenters. The minimum Gasteiger partial charge on any atom is -0.338 e. The molecule has 0 aliphatic carbocycles. The van der Waals surface area contributed by atoms with Crippen LogP contribution in [-0.4, -0.2) is 12.6 Å². The molecule has 8 heteroatoms. The molecule has 0 atom stereocenters. The lowest BCUT2D eigenvalue weighted by Gasteiger charge is -2.18. The number of anilines is 1. The van der Waals surface area contributed by atoms with Crippen LogP contribution >= 0.6 is 0 Å². The van der Waals surface area contributed by atoms with Crippen LogP contribution in [0.1, 0.15) is 41.9 Å². The molecule has 3 rings (SSSR count). The summed E-state index contributed by atoms with van der Waals surface area (Å²) in [5, 5.41) is 5.17. The lowest BCUT2D eigenvalue weighted by Crippen LogP contribution is -2.29. The second-order valence-corrected chi connectivity index (χ2v) is 7.61. The number of carbonyl (C=O) groups is 1. The summed E-state index contributed by atoms with van der Waals surface area (Å²) in [5.74, 6) is -0.716. The van der Waals surface area contributed by atoms with E-state index in [2.05, 4.69) is 10.6 Å². The van der Waals surface area contributed by atoms with Gasteiger partial charge < -0.3 is 10.6 Å². The fourth-order valence-electron chi connectivity index (χ4n) is 3.51. The molecule has 0 aliphatic rings. The molecular formula is C25H23F5N2O. The van der Waals surface area contributed by atoms with Gasteiger partial charge in [-0.2, -0.15) is 13.2 Å². The van der Waals surface area contributed by atoms with E-state index < -0.39 is 17.8 Å². The zero-order valence-electron chi connectivity index (χ0n) is 17.6. The molecule has 3 aromatic carbocycles. The average Bonchev–Trinajstić information content (AvgIpc) is 2.78. The van der Waals surface area contributed by atoms with Gasteiger partial charge in [-0.1, -0.05) is 30.7 Å². The van der Waals surface area contributed by atoms with Gasteiger partial charge in [0.15, 0.2) is 0 Å². The Morgan fingerprint density at radius 2 is 1.27 bits per heavy atom. The molecule has 0 saturated heterocycles. The summed E-state index contributed by atoms with van der Waals surface area (Å²) in [6, 6.07) is 16.1. The zero-order chi connectivity index (χ0) is 23.8. The van der Waals surface area contributed by atoms with E-state index >= 15 is 0 Å². The molecule has 174 valence electrons. The SMILES string of the molecule is O=C(NCCCCC(c1ccc(F)cc1)c1ccc(F)cc1)Nc1ccc(C(F)(F)F)cc1. The number of amides is 2. The van der Waals surface area contributed by atoms with Crippen molar-refractivity contribution in [3.05, 3.63) is 101 Å². The van der Waals surface area contributed by atoms with Crippen LogP contribution in [-0.2, 0) is 6.18 Å². The van der Waals surface area contributed by atoms with Crippen LogP contribution in [0.2, 0.25) is 0 Å². The number of rotatable bonds is 8. The Morgan fingerprint density at radius 1 is 0.758 bits per heavy atom. The summed E-state index contributed by atoms with van der Waals surface area (Å²) < 4.78 is 64.4. The van der Waals surface area contributed by atoms with Gasteiger partial charge in [0.05, 0.1) is 5.56 Å². The number of carbonyl (C=O) groups excluding carboxylic acids is 1. The van der Waals surface area contributed by atoms with Gasteiger partial charge >= 0.3 is 12.2 Å². The van der Waals surface area contributed by atoms with E-state index in [-0.39, 0.29) is 23.2 Å². The van der Waals surface area contributed by atoms with E-state index in [0.717, 1.165) is 29.7 Å². The van der Waals surface area contributed by atoms with Gasteiger partial charge in [-0.05, 0) is 72.5 Å². The van der Waals surface area contributed by atoms with Gasteiger partial charge in [0, 0.05) is 18.2 Å². The fourth-order valence-corrected chi connectivity index (χ4v) is 3.51. The average molecular weight is 462 g/mol. The highest BCUT2D eigenvalue weighted by atomic mass is 19.4. The third kappa shape index (κ3) is 7.30. The van der Waals surface area contributed by atoms with Crippen molar-refractivity contribution in [1.82, 2.24) is 5.32 Å². The van der Waals surface area contributed by atoms with E-state index in [4.69, 9.17) is 0 Å². The molecule has 0 radical (unpaired) electrons. The number of nitrogens with one attached hydrogen (secondary N) is 2. The highest BCUT2D eigenvalue weighted by Crippen LogP contribution is 2.31. The number of hydrogen-bond donors (Lipinski definition) is 2. The van der Waals surface area contributed by atoms with Crippen molar-refractivity contribution in [1.29, 1.82) is 0 Å². The number of alkyl halides is 3. The monoisotopic (exact) mass is 462 g/mol. The summed E-state index contributed by atoms with van der Waals surface area (Å²) in [5.41, 5.74) is 1.30. The molecule has 3 nitrogen and oxygen atoms in total. The second-order valence-electron chi connectivity index (χ2n) is 7.61. The first-order valence-electron chi connectivity index (χ1n) is 10.5. The normalized spacial score (nSPS) is 11.5. The van der Waals surface area contributed by atoms with Gasteiger partial charge in [-0.15, -0.1) is 0 Å². The maximum absolute atomic E-state index is 13.3. The van der Waals surface area contributed by atoms with Crippen LogP contribution in [0.25, 0.3) is 0 Å². The van der Waals surface area contributed by atoms with Gasteiger partial charge in [0.25, 0.3) is 0 Å². The van der Waals surface area contributed by atoms with Crippen molar-refractivity contribution in [3.8, 4) is 0 Å². The molecule has 0 saturated carbocycles. The molecule has 2 N–H and O–H groups in total. The smallest absolute Gasteiger partial charge is 0.338 e. The Balaban J connectivity index is 1.48. The maximum Gasteiger partial charge on any atom is 0.416 e. The maximum atomic E-state index is 13.3. The molecular weight excluding hydrogens is 439 g/mol. The van der Waals surface area contributed by atoms with E-state index in [1.807, 2.05) is 0 Å². The van der Waals surface area contributed by atoms with Crippen LogP contribution in [0.3, 0.4) is 0 Å². The summed E-state index contributed by atoms with van der Waals surface area (Å²) in [6.07, 6.45) is -2.33. The van der Waals surface area contributed by atoms with Crippen LogP contribution < -0.4 is 10.6 Å². The predicted octanol–water partition coefficient (Wildman–Crippen LogP) is 7.11. The van der Waals surface area contributed by atoms with Crippen molar-refractivity contribution in [2.24, 2.45) is 0 Å². The van der Waals surface area contributed by atoms with Crippen molar-refractivity contribution < 1.29 is 26.7 Å². The van der Waals surface area contributed by atoms with Crippen molar-refractivity contribution in [3.63, 3.8) is 0 Å². The molecule has 0 heterocycles. The first-order valence-corrected chi connectivity index (χ1v) is 10.5. The van der Waals surface area contributed by atoms with E-state index in [1.54, 1.807) is 24.3 Å². The quantitative estimate of drug-likeness (QED) is 0.272. The Labute approximate surface area is 188 Å². The summed E-state index contributed by atoms with van der Waals surface area (Å²) >= 11 is 0. The van der Waals surface area contributed by atoms with Crippen molar-refractivity contribution >= 4 is 11.7 Å². The van der Waals surface area contributed by atoms with Gasteiger partial charge in [0.1, 0.15) is 11.6 Å². The molecule has 0 aliphatic heterocycles. The zero-order valence-corrected chi connectivity index (χ0v) is 17.6. The van der Waals surface area contributed by atoms with E-state index in [1.165, 1.54) is 36.4 Å².